The van der Waals surface area contributed by atoms with Crippen molar-refractivity contribution in [3.63, 3.8) is 0 Å². The van der Waals surface area contributed by atoms with Gasteiger partial charge in [0.25, 0.3) is 15.9 Å². The minimum Gasteiger partial charge on any atom is -0.497 e. The van der Waals surface area contributed by atoms with Crippen LogP contribution in [0.25, 0.3) is 0 Å². The van der Waals surface area contributed by atoms with Gasteiger partial charge in [0, 0.05) is 15.9 Å². The van der Waals surface area contributed by atoms with Crippen LogP contribution in [0.15, 0.2) is 58.8 Å². The summed E-state index contributed by atoms with van der Waals surface area (Å²) >= 11 is 1.31. The topological polar surface area (TPSA) is 84.5 Å². The van der Waals surface area contributed by atoms with E-state index in [1.165, 1.54) is 23.5 Å². The van der Waals surface area contributed by atoms with Crippen LogP contribution < -0.4 is 14.8 Å². The monoisotopic (exact) mass is 416 g/mol. The van der Waals surface area contributed by atoms with Crippen LogP contribution in [0.2, 0.25) is 0 Å². The fourth-order valence-electron chi connectivity index (χ4n) is 2.60. The molecular weight excluding hydrogens is 396 g/mol. The summed E-state index contributed by atoms with van der Waals surface area (Å²) in [6, 6.07) is 13.4. The average Bonchev–Trinajstić information content (AvgIpc) is 3.02. The molecule has 0 unspecified atom stereocenters. The zero-order valence-electron chi connectivity index (χ0n) is 15.6. The van der Waals surface area contributed by atoms with E-state index in [4.69, 9.17) is 4.74 Å². The molecule has 1 aromatic heterocycles. The van der Waals surface area contributed by atoms with Gasteiger partial charge in [0.1, 0.15) is 5.75 Å². The van der Waals surface area contributed by atoms with Crippen molar-refractivity contribution in [2.45, 2.75) is 18.7 Å². The predicted molar refractivity (Wildman–Crippen MR) is 112 cm³/mol. The Hall–Kier alpha value is -2.84. The first-order valence-corrected chi connectivity index (χ1v) is 10.8. The van der Waals surface area contributed by atoms with Crippen LogP contribution in [-0.2, 0) is 10.0 Å². The molecule has 2 aromatic carbocycles. The Labute approximate surface area is 168 Å². The number of carbonyl (C=O) groups excluding carboxylic acids is 1. The summed E-state index contributed by atoms with van der Waals surface area (Å²) in [6.45, 7) is 3.66. The van der Waals surface area contributed by atoms with Crippen molar-refractivity contribution in [1.29, 1.82) is 0 Å². The van der Waals surface area contributed by atoms with Crippen molar-refractivity contribution in [3.05, 3.63) is 69.9 Å². The van der Waals surface area contributed by atoms with Crippen molar-refractivity contribution in [2.75, 3.05) is 17.1 Å². The third-order valence-electron chi connectivity index (χ3n) is 4.13. The molecular formula is C20H20N2O4S2. The number of benzene rings is 2. The summed E-state index contributed by atoms with van der Waals surface area (Å²) in [7, 11) is -2.23. The molecule has 2 N–H and O–H groups in total. The molecule has 0 fully saturated rings. The lowest BCUT2D eigenvalue weighted by Gasteiger charge is -2.11. The molecule has 0 radical (unpaired) electrons. The Bertz CT molecular complexity index is 1090. The number of amides is 1. The van der Waals surface area contributed by atoms with Crippen molar-refractivity contribution in [3.8, 4) is 5.75 Å². The molecule has 3 rings (SSSR count). The van der Waals surface area contributed by atoms with Gasteiger partial charge in [-0.3, -0.25) is 9.52 Å². The van der Waals surface area contributed by atoms with E-state index in [1.54, 1.807) is 55.8 Å². The number of hydrogen-bond acceptors (Lipinski definition) is 5. The molecule has 28 heavy (non-hydrogen) atoms. The van der Waals surface area contributed by atoms with Crippen LogP contribution in [0.5, 0.6) is 5.75 Å². The lowest BCUT2D eigenvalue weighted by atomic mass is 10.2. The Morgan fingerprint density at radius 1 is 1.00 bits per heavy atom. The van der Waals surface area contributed by atoms with Crippen molar-refractivity contribution < 1.29 is 17.9 Å². The largest absolute Gasteiger partial charge is 0.497 e. The molecule has 6 nitrogen and oxygen atoms in total. The van der Waals surface area contributed by atoms with Crippen LogP contribution >= 0.6 is 11.3 Å². The number of sulfonamides is 1. The van der Waals surface area contributed by atoms with E-state index in [1.807, 2.05) is 6.92 Å². The molecule has 0 aliphatic carbocycles. The summed E-state index contributed by atoms with van der Waals surface area (Å²) in [4.78, 5) is 13.6. The molecule has 0 spiro atoms. The van der Waals surface area contributed by atoms with Crippen LogP contribution in [0.1, 0.15) is 20.8 Å². The van der Waals surface area contributed by atoms with E-state index in [0.29, 0.717) is 21.9 Å². The Morgan fingerprint density at radius 3 is 2.25 bits per heavy atom. The summed E-state index contributed by atoms with van der Waals surface area (Å²) in [5.74, 6) is 0.293. The quantitative estimate of drug-likeness (QED) is 0.623. The second-order valence-corrected chi connectivity index (χ2v) is 8.95. The first-order valence-electron chi connectivity index (χ1n) is 8.43. The summed E-state index contributed by atoms with van der Waals surface area (Å²) in [5, 5.41) is 4.42. The fraction of sp³-hybridized carbons (Fsp3) is 0.150. The van der Waals surface area contributed by atoms with E-state index < -0.39 is 10.0 Å². The maximum absolute atomic E-state index is 12.8. The molecule has 0 saturated heterocycles. The predicted octanol–water partition coefficient (Wildman–Crippen LogP) is 4.43. The minimum absolute atomic E-state index is 0.142. The highest BCUT2D eigenvalue weighted by molar-refractivity contribution is 7.92. The first-order chi connectivity index (χ1) is 13.3. The number of thiophene rings is 1. The van der Waals surface area contributed by atoms with Crippen LogP contribution in [0, 0.1) is 13.8 Å². The number of ether oxygens (including phenoxy) is 1. The number of carbonyl (C=O) groups is 1. The van der Waals surface area contributed by atoms with Crippen molar-refractivity contribution >= 4 is 38.6 Å². The minimum atomic E-state index is -3.79. The molecule has 0 atom stereocenters. The summed E-state index contributed by atoms with van der Waals surface area (Å²) in [5.41, 5.74) is 2.11. The van der Waals surface area contributed by atoms with Crippen LogP contribution in [-0.4, -0.2) is 21.4 Å². The highest BCUT2D eigenvalue weighted by Crippen LogP contribution is 2.30. The molecule has 1 amide bonds. The standard InChI is InChI=1S/C20H20N2O4S2/c1-13-4-10-17(11-5-13)28(24,25)22-18-12-27-14(2)19(18)20(23)21-15-6-8-16(26-3)9-7-15/h4-12,22H,1-3H3,(H,21,23). The van der Waals surface area contributed by atoms with Crippen molar-refractivity contribution in [1.82, 2.24) is 0 Å². The van der Waals surface area contributed by atoms with E-state index in [-0.39, 0.29) is 16.5 Å². The lowest BCUT2D eigenvalue weighted by Crippen LogP contribution is -2.18. The van der Waals surface area contributed by atoms with Crippen LogP contribution in [0.4, 0.5) is 11.4 Å². The number of rotatable bonds is 6. The van der Waals surface area contributed by atoms with Gasteiger partial charge in [-0.1, -0.05) is 17.7 Å². The Morgan fingerprint density at radius 2 is 1.64 bits per heavy atom. The van der Waals surface area contributed by atoms with Gasteiger partial charge in [-0.25, -0.2) is 8.42 Å². The van der Waals surface area contributed by atoms with Gasteiger partial charge in [0.2, 0.25) is 0 Å². The smallest absolute Gasteiger partial charge is 0.261 e. The molecule has 0 aliphatic rings. The molecule has 8 heteroatoms. The summed E-state index contributed by atoms with van der Waals surface area (Å²) in [6.07, 6.45) is 0. The van der Waals surface area contributed by atoms with E-state index in [0.717, 1.165) is 5.56 Å². The molecule has 0 saturated carbocycles. The molecule has 1 heterocycles. The number of aryl methyl sites for hydroxylation is 2. The van der Waals surface area contributed by atoms with Gasteiger partial charge in [0.05, 0.1) is 23.3 Å². The van der Waals surface area contributed by atoms with E-state index >= 15 is 0 Å². The average molecular weight is 417 g/mol. The van der Waals surface area contributed by atoms with Gasteiger partial charge in [-0.05, 0) is 50.2 Å². The number of methoxy groups -OCH3 is 1. The molecule has 0 bridgehead atoms. The van der Waals surface area contributed by atoms with Crippen LogP contribution in [0.3, 0.4) is 0 Å². The van der Waals surface area contributed by atoms with Crippen molar-refractivity contribution in [2.24, 2.45) is 0 Å². The maximum atomic E-state index is 12.8. The fourth-order valence-corrected chi connectivity index (χ4v) is 4.53. The Balaban J connectivity index is 1.84. The first kappa shape index (κ1) is 19.9. The number of anilines is 2. The van der Waals surface area contributed by atoms with Gasteiger partial charge >= 0.3 is 0 Å². The zero-order chi connectivity index (χ0) is 20.3. The maximum Gasteiger partial charge on any atom is 0.261 e. The highest BCUT2D eigenvalue weighted by atomic mass is 32.2. The van der Waals surface area contributed by atoms with Gasteiger partial charge < -0.3 is 10.1 Å². The highest BCUT2D eigenvalue weighted by Gasteiger charge is 2.22. The van der Waals surface area contributed by atoms with Gasteiger partial charge in [-0.2, -0.15) is 0 Å². The van der Waals surface area contributed by atoms with E-state index in [9.17, 15) is 13.2 Å². The van der Waals surface area contributed by atoms with E-state index in [2.05, 4.69) is 10.0 Å². The Kier molecular flexibility index (Phi) is 5.71. The normalized spacial score (nSPS) is 11.1. The number of nitrogens with one attached hydrogen (secondary N) is 2. The third-order valence-corrected chi connectivity index (χ3v) is 6.42. The third kappa shape index (κ3) is 4.35. The number of hydrogen-bond donors (Lipinski definition) is 2. The van der Waals surface area contributed by atoms with Gasteiger partial charge in [0.15, 0.2) is 0 Å². The molecule has 146 valence electrons. The molecule has 0 aliphatic heterocycles. The summed E-state index contributed by atoms with van der Waals surface area (Å²) < 4.78 is 33.0. The lowest BCUT2D eigenvalue weighted by molar-refractivity contribution is 0.102. The second kappa shape index (κ2) is 8.04. The SMILES string of the molecule is COc1ccc(NC(=O)c2c(NS(=O)(=O)c3ccc(C)cc3)csc2C)cc1. The zero-order valence-corrected chi connectivity index (χ0v) is 17.3. The van der Waals surface area contributed by atoms with Gasteiger partial charge in [-0.15, -0.1) is 11.3 Å². The molecule has 3 aromatic rings. The second-order valence-electron chi connectivity index (χ2n) is 6.18.